The van der Waals surface area contributed by atoms with Gasteiger partial charge in [0.1, 0.15) is 23.0 Å². The van der Waals surface area contributed by atoms with Crippen molar-refractivity contribution in [2.45, 2.75) is 13.5 Å². The van der Waals surface area contributed by atoms with Crippen LogP contribution in [0.5, 0.6) is 0 Å². The van der Waals surface area contributed by atoms with Gasteiger partial charge < -0.3 is 21.1 Å². The van der Waals surface area contributed by atoms with Crippen molar-refractivity contribution in [1.82, 2.24) is 24.2 Å². The third-order valence-corrected chi connectivity index (χ3v) is 9.16. The lowest BCUT2D eigenvalue weighted by atomic mass is 10.1. The van der Waals surface area contributed by atoms with Crippen LogP contribution in [-0.2, 0) is 21.3 Å². The van der Waals surface area contributed by atoms with E-state index in [2.05, 4.69) is 26.7 Å². The molecular formula is C22H30N8O3S2. The Morgan fingerprint density at radius 3 is 2.40 bits per heavy atom. The fraction of sp³-hybridized carbons (Fsp3) is 0.500. The zero-order valence-corrected chi connectivity index (χ0v) is 21.5. The van der Waals surface area contributed by atoms with E-state index >= 15 is 0 Å². The topological polar surface area (TPSA) is 144 Å². The van der Waals surface area contributed by atoms with Crippen molar-refractivity contribution < 1.29 is 13.2 Å². The predicted octanol–water partition coefficient (Wildman–Crippen LogP) is 1.14. The third kappa shape index (κ3) is 4.78. The van der Waals surface area contributed by atoms with Crippen molar-refractivity contribution in [3.63, 3.8) is 0 Å². The highest BCUT2D eigenvalue weighted by Crippen LogP contribution is 2.43. The molecular weight excluding hydrogens is 488 g/mol. The summed E-state index contributed by atoms with van der Waals surface area (Å²) in [4.78, 5) is 19.3. The Kier molecular flexibility index (Phi) is 6.53. The van der Waals surface area contributed by atoms with Gasteiger partial charge in [-0.05, 0) is 12.5 Å². The number of ether oxygens (including phenoxy) is 1. The Bertz CT molecular complexity index is 1330. The van der Waals surface area contributed by atoms with Gasteiger partial charge in [-0.2, -0.15) is 4.31 Å². The third-order valence-electron chi connectivity index (χ3n) is 6.58. The van der Waals surface area contributed by atoms with Crippen molar-refractivity contribution >= 4 is 48.8 Å². The standard InChI is InChI=1S/C22H30N8O3S2/c1-14-16(13-28-3-5-30(6-4-28)35(2,31)32)34-21-18(14)19(24)20(15-11-26-17(23)12-25-15)27-22(21)29-7-9-33-10-8-29/h11-12H,3-10,13,24H2,1-2H3,(H2,23,26). The maximum atomic E-state index is 11.9. The minimum Gasteiger partial charge on any atom is -0.396 e. The average Bonchev–Trinajstić information content (AvgIpc) is 3.17. The first-order valence-corrected chi connectivity index (χ1v) is 14.2. The second-order valence-electron chi connectivity index (χ2n) is 8.92. The number of aryl methyl sites for hydroxylation is 1. The molecule has 0 spiro atoms. The molecule has 0 aromatic carbocycles. The zero-order valence-electron chi connectivity index (χ0n) is 19.9. The number of nitrogen functional groups attached to an aromatic ring is 2. The van der Waals surface area contributed by atoms with E-state index in [0.29, 0.717) is 62.3 Å². The molecule has 0 unspecified atom stereocenters. The van der Waals surface area contributed by atoms with Gasteiger partial charge in [0.15, 0.2) is 0 Å². The van der Waals surface area contributed by atoms with Crippen molar-refractivity contribution in [3.8, 4) is 11.4 Å². The molecule has 188 valence electrons. The predicted molar refractivity (Wildman–Crippen MR) is 139 cm³/mol. The van der Waals surface area contributed by atoms with Crippen molar-refractivity contribution in [1.29, 1.82) is 0 Å². The number of thiophene rings is 1. The maximum absolute atomic E-state index is 11.9. The minimum atomic E-state index is -3.16. The molecule has 0 aliphatic carbocycles. The van der Waals surface area contributed by atoms with E-state index in [1.54, 1.807) is 21.8 Å². The first-order valence-electron chi connectivity index (χ1n) is 11.5. The van der Waals surface area contributed by atoms with Crippen LogP contribution in [0.2, 0.25) is 0 Å². The molecule has 35 heavy (non-hydrogen) atoms. The fourth-order valence-corrected chi connectivity index (χ4v) is 6.80. The Hall–Kier alpha value is -2.58. The number of hydrogen-bond acceptors (Lipinski definition) is 11. The number of hydrogen-bond donors (Lipinski definition) is 2. The molecule has 3 aromatic heterocycles. The second kappa shape index (κ2) is 9.47. The van der Waals surface area contributed by atoms with E-state index < -0.39 is 10.0 Å². The molecule has 0 atom stereocenters. The largest absolute Gasteiger partial charge is 0.396 e. The highest BCUT2D eigenvalue weighted by molar-refractivity contribution is 7.88. The summed E-state index contributed by atoms with van der Waals surface area (Å²) in [7, 11) is -3.16. The van der Waals surface area contributed by atoms with Gasteiger partial charge in [-0.3, -0.25) is 4.90 Å². The summed E-state index contributed by atoms with van der Waals surface area (Å²) < 4.78 is 31.9. The van der Waals surface area contributed by atoms with E-state index in [-0.39, 0.29) is 0 Å². The molecule has 0 bridgehead atoms. The molecule has 3 aromatic rings. The zero-order chi connectivity index (χ0) is 24.7. The Balaban J connectivity index is 1.54. The molecule has 5 rings (SSSR count). The van der Waals surface area contributed by atoms with Crippen molar-refractivity contribution in [2.24, 2.45) is 0 Å². The highest BCUT2D eigenvalue weighted by atomic mass is 32.2. The molecule has 4 N–H and O–H groups in total. The summed E-state index contributed by atoms with van der Waals surface area (Å²) in [5.74, 6) is 1.22. The summed E-state index contributed by atoms with van der Waals surface area (Å²) in [6, 6.07) is 0. The number of pyridine rings is 1. The summed E-state index contributed by atoms with van der Waals surface area (Å²) >= 11 is 1.71. The monoisotopic (exact) mass is 518 g/mol. The molecule has 2 aliphatic rings. The van der Waals surface area contributed by atoms with E-state index in [9.17, 15) is 8.42 Å². The smallest absolute Gasteiger partial charge is 0.211 e. The van der Waals surface area contributed by atoms with E-state index in [1.807, 2.05) is 0 Å². The first kappa shape index (κ1) is 24.1. The van der Waals surface area contributed by atoms with Crippen LogP contribution in [0.3, 0.4) is 0 Å². The first-order chi connectivity index (χ1) is 16.7. The number of sulfonamides is 1. The normalized spacial score (nSPS) is 18.4. The van der Waals surface area contributed by atoms with Crippen LogP contribution < -0.4 is 16.4 Å². The second-order valence-corrected chi connectivity index (χ2v) is 12.0. The number of nitrogens with two attached hydrogens (primary N) is 2. The summed E-state index contributed by atoms with van der Waals surface area (Å²) in [6.45, 7) is 8.02. The van der Waals surface area contributed by atoms with Gasteiger partial charge in [0.05, 0.1) is 42.3 Å². The number of nitrogens with zero attached hydrogens (tertiary/aromatic N) is 6. The van der Waals surface area contributed by atoms with Crippen LogP contribution in [0.4, 0.5) is 17.3 Å². The molecule has 13 heteroatoms. The average molecular weight is 519 g/mol. The molecule has 11 nitrogen and oxygen atoms in total. The van der Waals surface area contributed by atoms with Gasteiger partial charge in [-0.15, -0.1) is 11.3 Å². The number of rotatable bonds is 5. The lowest BCUT2D eigenvalue weighted by Gasteiger charge is -2.33. The van der Waals surface area contributed by atoms with E-state index in [4.69, 9.17) is 21.2 Å². The van der Waals surface area contributed by atoms with Crippen LogP contribution in [0.15, 0.2) is 12.4 Å². The van der Waals surface area contributed by atoms with E-state index in [1.165, 1.54) is 17.3 Å². The number of anilines is 3. The van der Waals surface area contributed by atoms with Crippen LogP contribution in [-0.4, -0.2) is 91.3 Å². The lowest BCUT2D eigenvalue weighted by Crippen LogP contribution is -2.47. The highest BCUT2D eigenvalue weighted by Gasteiger charge is 2.27. The number of morpholine rings is 1. The fourth-order valence-electron chi connectivity index (χ4n) is 4.60. The quantitative estimate of drug-likeness (QED) is 0.504. The van der Waals surface area contributed by atoms with Gasteiger partial charge in [0, 0.05) is 56.1 Å². The summed E-state index contributed by atoms with van der Waals surface area (Å²) in [5.41, 5.74) is 15.3. The number of piperazine rings is 1. The number of aromatic nitrogens is 3. The molecule has 0 radical (unpaired) electrons. The van der Waals surface area contributed by atoms with Gasteiger partial charge in [0.25, 0.3) is 0 Å². The Labute approximate surface area is 208 Å². The molecule has 0 amide bonds. The molecule has 2 aliphatic heterocycles. The van der Waals surface area contributed by atoms with Crippen LogP contribution in [0.25, 0.3) is 21.5 Å². The van der Waals surface area contributed by atoms with Crippen LogP contribution in [0.1, 0.15) is 10.4 Å². The van der Waals surface area contributed by atoms with Gasteiger partial charge in [0.2, 0.25) is 10.0 Å². The SMILES string of the molecule is Cc1c(CN2CCN(S(C)(=O)=O)CC2)sc2c(N3CCOCC3)nc(-c3cnc(N)cn3)c(N)c12. The van der Waals surface area contributed by atoms with Gasteiger partial charge in [-0.25, -0.2) is 23.4 Å². The molecule has 2 saturated heterocycles. The van der Waals surface area contributed by atoms with Gasteiger partial charge >= 0.3 is 0 Å². The summed E-state index contributed by atoms with van der Waals surface area (Å²) in [5, 5.41) is 0.991. The molecule has 5 heterocycles. The lowest BCUT2D eigenvalue weighted by molar-refractivity contribution is 0.122. The van der Waals surface area contributed by atoms with Crippen LogP contribution in [0, 0.1) is 6.92 Å². The molecule has 2 fully saturated rings. The Morgan fingerprint density at radius 1 is 1.06 bits per heavy atom. The van der Waals surface area contributed by atoms with Crippen molar-refractivity contribution in [2.75, 3.05) is 75.1 Å². The number of fused-ring (bicyclic) bond motifs is 1. The van der Waals surface area contributed by atoms with Crippen LogP contribution >= 0.6 is 11.3 Å². The van der Waals surface area contributed by atoms with Crippen molar-refractivity contribution in [3.05, 3.63) is 22.8 Å². The minimum absolute atomic E-state index is 0.340. The van der Waals surface area contributed by atoms with E-state index in [0.717, 1.165) is 41.1 Å². The maximum Gasteiger partial charge on any atom is 0.211 e. The Morgan fingerprint density at radius 2 is 1.77 bits per heavy atom. The van der Waals surface area contributed by atoms with Gasteiger partial charge in [-0.1, -0.05) is 0 Å². The molecule has 0 saturated carbocycles. The summed E-state index contributed by atoms with van der Waals surface area (Å²) in [6.07, 6.45) is 4.38.